The highest BCUT2D eigenvalue weighted by atomic mass is 16.6. The van der Waals surface area contributed by atoms with Gasteiger partial charge in [-0.25, -0.2) is 0 Å². The Bertz CT molecular complexity index is 1340. The van der Waals surface area contributed by atoms with Gasteiger partial charge in [-0.3, -0.25) is 29.1 Å². The van der Waals surface area contributed by atoms with Gasteiger partial charge in [0.05, 0.1) is 10.5 Å². The minimum absolute atomic E-state index is 0.00110. The molecular formula is C24H21N5O6. The van der Waals surface area contributed by atoms with Crippen LogP contribution >= 0.6 is 0 Å². The van der Waals surface area contributed by atoms with Crippen molar-refractivity contribution in [3.63, 3.8) is 0 Å². The first-order valence-electron chi connectivity index (χ1n) is 10.4. The van der Waals surface area contributed by atoms with Gasteiger partial charge in [0.15, 0.2) is 6.61 Å². The quantitative estimate of drug-likeness (QED) is 0.288. The number of rotatable bonds is 8. The second-order valence-electron chi connectivity index (χ2n) is 7.42. The third-order valence-electron chi connectivity index (χ3n) is 5.17. The number of nitro benzene ring substituents is 1. The fourth-order valence-corrected chi connectivity index (χ4v) is 3.34. The van der Waals surface area contributed by atoms with Gasteiger partial charge < -0.3 is 15.4 Å². The van der Waals surface area contributed by atoms with Crippen molar-refractivity contribution < 1.29 is 24.0 Å². The SMILES string of the molecule is Cc1c(C#N)c(NC(=O)COC(=O)CNC(=O)c2cccc([N+](=O)[O-])c2)n(-c2ccccc2)c1C. The number of ether oxygens (including phenoxy) is 1. The number of non-ortho nitro benzene ring substituents is 1. The number of hydrogen-bond acceptors (Lipinski definition) is 7. The van der Waals surface area contributed by atoms with Crippen molar-refractivity contribution >= 4 is 29.3 Å². The van der Waals surface area contributed by atoms with E-state index in [1.807, 2.05) is 37.3 Å². The molecule has 0 radical (unpaired) electrons. The van der Waals surface area contributed by atoms with E-state index in [-0.39, 0.29) is 22.6 Å². The maximum atomic E-state index is 12.5. The molecule has 11 nitrogen and oxygen atoms in total. The monoisotopic (exact) mass is 475 g/mol. The highest BCUT2D eigenvalue weighted by Crippen LogP contribution is 2.29. The van der Waals surface area contributed by atoms with Crippen LogP contribution in [-0.4, -0.2) is 40.4 Å². The van der Waals surface area contributed by atoms with Gasteiger partial charge in [-0.1, -0.05) is 24.3 Å². The van der Waals surface area contributed by atoms with Crippen LogP contribution in [0.5, 0.6) is 0 Å². The number of para-hydroxylation sites is 1. The fourth-order valence-electron chi connectivity index (χ4n) is 3.34. The number of amides is 2. The number of aromatic nitrogens is 1. The molecule has 0 saturated heterocycles. The van der Waals surface area contributed by atoms with Crippen LogP contribution in [0.2, 0.25) is 0 Å². The van der Waals surface area contributed by atoms with Gasteiger partial charge in [0.2, 0.25) is 0 Å². The van der Waals surface area contributed by atoms with Gasteiger partial charge in [-0.2, -0.15) is 5.26 Å². The van der Waals surface area contributed by atoms with Crippen LogP contribution in [0.15, 0.2) is 54.6 Å². The highest BCUT2D eigenvalue weighted by Gasteiger charge is 2.21. The lowest BCUT2D eigenvalue weighted by Gasteiger charge is -2.13. The van der Waals surface area contributed by atoms with Gasteiger partial charge in [0.1, 0.15) is 18.4 Å². The molecule has 1 heterocycles. The van der Waals surface area contributed by atoms with Crippen LogP contribution < -0.4 is 10.6 Å². The summed E-state index contributed by atoms with van der Waals surface area (Å²) in [6, 6.07) is 16.3. The maximum Gasteiger partial charge on any atom is 0.325 e. The third kappa shape index (κ3) is 5.69. The lowest BCUT2D eigenvalue weighted by Crippen LogP contribution is -2.32. The topological polar surface area (TPSA) is 156 Å². The van der Waals surface area contributed by atoms with Crippen molar-refractivity contribution in [2.24, 2.45) is 0 Å². The summed E-state index contributed by atoms with van der Waals surface area (Å²) in [6.07, 6.45) is 0. The van der Waals surface area contributed by atoms with Gasteiger partial charge in [0.25, 0.3) is 17.5 Å². The molecule has 2 N–H and O–H groups in total. The van der Waals surface area contributed by atoms with E-state index in [2.05, 4.69) is 16.7 Å². The molecule has 178 valence electrons. The van der Waals surface area contributed by atoms with Crippen LogP contribution in [0.1, 0.15) is 27.2 Å². The minimum Gasteiger partial charge on any atom is -0.454 e. The Morgan fingerprint density at radius 1 is 1.11 bits per heavy atom. The molecule has 0 saturated carbocycles. The predicted molar refractivity (Wildman–Crippen MR) is 125 cm³/mol. The van der Waals surface area contributed by atoms with Gasteiger partial charge in [-0.15, -0.1) is 0 Å². The molecule has 35 heavy (non-hydrogen) atoms. The molecule has 0 aliphatic carbocycles. The van der Waals surface area contributed by atoms with Crippen molar-refractivity contribution in [1.29, 1.82) is 5.26 Å². The minimum atomic E-state index is -0.884. The number of esters is 1. The normalized spacial score (nSPS) is 10.2. The molecule has 3 rings (SSSR count). The van der Waals surface area contributed by atoms with E-state index in [9.17, 15) is 29.8 Å². The standard InChI is InChI=1S/C24H21N5O6/c1-15-16(2)28(18-8-4-3-5-9-18)23(20(15)12-25)27-21(30)14-35-22(31)13-26-24(32)17-7-6-10-19(11-17)29(33)34/h3-11H,13-14H2,1-2H3,(H,26,32)(H,27,30). The van der Waals surface area contributed by atoms with E-state index in [1.54, 1.807) is 11.5 Å². The molecule has 0 bridgehead atoms. The van der Waals surface area contributed by atoms with Gasteiger partial charge in [-0.05, 0) is 37.6 Å². The first-order chi connectivity index (χ1) is 16.7. The number of anilines is 1. The van der Waals surface area contributed by atoms with Crippen LogP contribution in [0.3, 0.4) is 0 Å². The lowest BCUT2D eigenvalue weighted by atomic mass is 10.2. The zero-order chi connectivity index (χ0) is 25.5. The summed E-state index contributed by atoms with van der Waals surface area (Å²) < 4.78 is 6.64. The Morgan fingerprint density at radius 2 is 1.83 bits per heavy atom. The number of nitriles is 1. The van der Waals surface area contributed by atoms with E-state index >= 15 is 0 Å². The summed E-state index contributed by atoms with van der Waals surface area (Å²) in [6.45, 7) is 2.40. The van der Waals surface area contributed by atoms with Crippen molar-refractivity contribution in [1.82, 2.24) is 9.88 Å². The summed E-state index contributed by atoms with van der Waals surface area (Å²) in [5.74, 6) is -2.01. The highest BCUT2D eigenvalue weighted by molar-refractivity contribution is 5.97. The maximum absolute atomic E-state index is 12.5. The Hall–Kier alpha value is -4.98. The fraction of sp³-hybridized carbons (Fsp3) is 0.167. The van der Waals surface area contributed by atoms with Crippen molar-refractivity contribution in [2.75, 3.05) is 18.5 Å². The molecular weight excluding hydrogens is 454 g/mol. The average molecular weight is 475 g/mol. The molecule has 0 aliphatic rings. The number of benzene rings is 2. The van der Waals surface area contributed by atoms with E-state index < -0.39 is 35.9 Å². The third-order valence-corrected chi connectivity index (χ3v) is 5.17. The summed E-state index contributed by atoms with van der Waals surface area (Å²) in [5.41, 5.74) is 2.23. The predicted octanol–water partition coefficient (Wildman–Crippen LogP) is 2.79. The zero-order valence-corrected chi connectivity index (χ0v) is 18.9. The second kappa shape index (κ2) is 10.8. The average Bonchev–Trinajstić information content (AvgIpc) is 3.10. The molecule has 0 fully saturated rings. The van der Waals surface area contributed by atoms with Gasteiger partial charge in [0, 0.05) is 29.1 Å². The van der Waals surface area contributed by atoms with Crippen LogP contribution in [0.25, 0.3) is 5.69 Å². The summed E-state index contributed by atoms with van der Waals surface area (Å²) in [4.78, 5) is 46.8. The number of hydrogen-bond donors (Lipinski definition) is 2. The van der Waals surface area contributed by atoms with E-state index in [4.69, 9.17) is 4.74 Å². The smallest absolute Gasteiger partial charge is 0.325 e. The molecule has 2 aromatic carbocycles. The number of nitrogens with one attached hydrogen (secondary N) is 2. The summed E-state index contributed by atoms with van der Waals surface area (Å²) >= 11 is 0. The Kier molecular flexibility index (Phi) is 7.58. The number of carbonyl (C=O) groups excluding carboxylic acids is 3. The lowest BCUT2D eigenvalue weighted by molar-refractivity contribution is -0.384. The molecule has 0 atom stereocenters. The number of nitro groups is 1. The number of nitrogens with zero attached hydrogens (tertiary/aromatic N) is 3. The Labute approximate surface area is 200 Å². The van der Waals surface area contributed by atoms with E-state index in [0.29, 0.717) is 5.56 Å². The van der Waals surface area contributed by atoms with Crippen molar-refractivity contribution in [2.45, 2.75) is 13.8 Å². The molecule has 0 unspecified atom stereocenters. The first-order valence-corrected chi connectivity index (χ1v) is 10.4. The van der Waals surface area contributed by atoms with Gasteiger partial charge >= 0.3 is 5.97 Å². The molecule has 2 amide bonds. The largest absolute Gasteiger partial charge is 0.454 e. The molecule has 0 aliphatic heterocycles. The molecule has 1 aromatic heterocycles. The molecule has 0 spiro atoms. The van der Waals surface area contributed by atoms with Crippen molar-refractivity contribution in [3.8, 4) is 11.8 Å². The second-order valence-corrected chi connectivity index (χ2v) is 7.42. The summed E-state index contributed by atoms with van der Waals surface area (Å²) in [7, 11) is 0. The summed E-state index contributed by atoms with van der Waals surface area (Å²) in [5, 5.41) is 25.3. The Morgan fingerprint density at radius 3 is 2.49 bits per heavy atom. The zero-order valence-electron chi connectivity index (χ0n) is 18.9. The first kappa shape index (κ1) is 24.7. The van der Waals surface area contributed by atoms with E-state index in [1.165, 1.54) is 18.2 Å². The van der Waals surface area contributed by atoms with Crippen molar-refractivity contribution in [3.05, 3.63) is 87.1 Å². The Balaban J connectivity index is 1.61. The van der Waals surface area contributed by atoms with Crippen LogP contribution in [0.4, 0.5) is 11.5 Å². The number of carbonyl (C=O) groups is 3. The molecule has 11 heteroatoms. The van der Waals surface area contributed by atoms with E-state index in [0.717, 1.165) is 17.4 Å². The van der Waals surface area contributed by atoms with Crippen LogP contribution in [0, 0.1) is 35.3 Å². The van der Waals surface area contributed by atoms with Crippen LogP contribution in [-0.2, 0) is 14.3 Å². The molecule has 3 aromatic rings.